The average molecular weight is 414 g/mol. The fourth-order valence-electron chi connectivity index (χ4n) is 3.21. The molecule has 5 nitrogen and oxygen atoms in total. The van der Waals surface area contributed by atoms with E-state index in [1.165, 1.54) is 18.2 Å². The molecule has 1 heterocycles. The van der Waals surface area contributed by atoms with E-state index in [0.29, 0.717) is 11.5 Å². The molecule has 0 fully saturated rings. The predicted molar refractivity (Wildman–Crippen MR) is 107 cm³/mol. The number of sulfone groups is 1. The summed E-state index contributed by atoms with van der Waals surface area (Å²) in [4.78, 5) is 12.9. The van der Waals surface area contributed by atoms with E-state index in [1.54, 1.807) is 0 Å². The number of carbonyl (C=O) groups excluding carboxylic acids is 1. The highest BCUT2D eigenvalue weighted by Crippen LogP contribution is 2.42. The normalized spacial score (nSPS) is 13.2. The van der Waals surface area contributed by atoms with Crippen LogP contribution in [0.3, 0.4) is 0 Å². The Morgan fingerprint density at radius 3 is 2.11 bits per heavy atom. The summed E-state index contributed by atoms with van der Waals surface area (Å²) >= 11 is 5.98. The molecule has 1 amide bonds. The van der Waals surface area contributed by atoms with Crippen molar-refractivity contribution in [3.05, 3.63) is 88.4 Å². The Morgan fingerprint density at radius 1 is 0.964 bits per heavy atom. The van der Waals surface area contributed by atoms with Gasteiger partial charge in [-0.05, 0) is 30.3 Å². The van der Waals surface area contributed by atoms with Crippen LogP contribution in [-0.2, 0) is 9.84 Å². The largest absolute Gasteiger partial charge is 0.457 e. The van der Waals surface area contributed by atoms with Crippen molar-refractivity contribution in [3.63, 3.8) is 0 Å². The number of nitrogens with one attached hydrogen (secondary N) is 1. The Labute approximate surface area is 167 Å². The predicted octanol–water partition coefficient (Wildman–Crippen LogP) is 4.37. The van der Waals surface area contributed by atoms with Crippen LogP contribution in [0, 0.1) is 0 Å². The van der Waals surface area contributed by atoms with Gasteiger partial charge in [-0.25, -0.2) is 8.42 Å². The summed E-state index contributed by atoms with van der Waals surface area (Å²) in [6.45, 7) is 0. The number of halogens is 1. The van der Waals surface area contributed by atoms with Crippen molar-refractivity contribution in [3.8, 4) is 11.5 Å². The first-order valence-electron chi connectivity index (χ1n) is 8.51. The molecule has 1 N–H and O–H groups in total. The van der Waals surface area contributed by atoms with Gasteiger partial charge in [0.1, 0.15) is 11.5 Å². The molecular weight excluding hydrogens is 398 g/mol. The first kappa shape index (κ1) is 18.5. The van der Waals surface area contributed by atoms with Crippen LogP contribution < -0.4 is 10.1 Å². The quantitative estimate of drug-likeness (QED) is 0.692. The summed E-state index contributed by atoms with van der Waals surface area (Å²) in [5.41, 5.74) is 1.87. The fourth-order valence-corrected chi connectivity index (χ4v) is 4.51. The molecule has 0 bridgehead atoms. The highest BCUT2D eigenvalue weighted by Gasteiger charge is 2.28. The van der Waals surface area contributed by atoms with Gasteiger partial charge in [-0.2, -0.15) is 0 Å². The standard InChI is InChI=1S/C21H16ClNO4S/c1-28(25,26)19-12-13(10-11-16(19)22)21(24)23-20-14-6-2-4-8-17(14)27-18-9-5-3-7-15(18)20/h2-12,20H,1H3,(H,23,24). The van der Waals surface area contributed by atoms with Gasteiger partial charge in [0.25, 0.3) is 5.91 Å². The molecule has 1 aliphatic rings. The number of fused-ring (bicyclic) bond motifs is 2. The third kappa shape index (κ3) is 3.37. The second-order valence-electron chi connectivity index (χ2n) is 6.50. The minimum absolute atomic E-state index is 0.0744. The zero-order valence-electron chi connectivity index (χ0n) is 14.8. The topological polar surface area (TPSA) is 72.5 Å². The molecule has 0 aromatic heterocycles. The minimum Gasteiger partial charge on any atom is -0.457 e. The average Bonchev–Trinajstić information content (AvgIpc) is 2.67. The molecule has 3 aromatic rings. The van der Waals surface area contributed by atoms with E-state index in [2.05, 4.69) is 5.32 Å². The van der Waals surface area contributed by atoms with Gasteiger partial charge in [-0.3, -0.25) is 4.79 Å². The molecule has 0 spiro atoms. The van der Waals surface area contributed by atoms with E-state index in [0.717, 1.165) is 17.4 Å². The lowest BCUT2D eigenvalue weighted by molar-refractivity contribution is 0.0941. The number of ether oxygens (including phenoxy) is 1. The molecule has 1 aliphatic heterocycles. The highest BCUT2D eigenvalue weighted by molar-refractivity contribution is 7.90. The van der Waals surface area contributed by atoms with Gasteiger partial charge in [0.15, 0.2) is 9.84 Å². The van der Waals surface area contributed by atoms with Crippen LogP contribution in [0.25, 0.3) is 0 Å². The van der Waals surface area contributed by atoms with Crippen molar-refractivity contribution in [2.75, 3.05) is 6.26 Å². The second kappa shape index (κ2) is 6.96. The van der Waals surface area contributed by atoms with Gasteiger partial charge in [-0.1, -0.05) is 48.0 Å². The molecule has 0 radical (unpaired) electrons. The number of hydrogen-bond acceptors (Lipinski definition) is 4. The maximum Gasteiger partial charge on any atom is 0.252 e. The van der Waals surface area contributed by atoms with Gasteiger partial charge >= 0.3 is 0 Å². The van der Waals surface area contributed by atoms with Gasteiger partial charge < -0.3 is 10.1 Å². The van der Waals surface area contributed by atoms with Gasteiger partial charge in [0.2, 0.25) is 0 Å². The number of rotatable bonds is 3. The Hall–Kier alpha value is -2.83. The van der Waals surface area contributed by atoms with Gasteiger partial charge in [0, 0.05) is 22.9 Å². The lowest BCUT2D eigenvalue weighted by atomic mass is 9.94. The van der Waals surface area contributed by atoms with Crippen LogP contribution in [0.2, 0.25) is 5.02 Å². The van der Waals surface area contributed by atoms with Crippen molar-refractivity contribution in [2.24, 2.45) is 0 Å². The molecule has 28 heavy (non-hydrogen) atoms. The Kier molecular flexibility index (Phi) is 4.61. The molecular formula is C21H16ClNO4S. The lowest BCUT2D eigenvalue weighted by Crippen LogP contribution is -2.31. The summed E-state index contributed by atoms with van der Waals surface area (Å²) in [6, 6.07) is 18.7. The maximum absolute atomic E-state index is 12.9. The Morgan fingerprint density at radius 2 is 1.54 bits per heavy atom. The lowest BCUT2D eigenvalue weighted by Gasteiger charge is -2.28. The van der Waals surface area contributed by atoms with E-state index in [9.17, 15) is 13.2 Å². The van der Waals surface area contributed by atoms with Crippen LogP contribution >= 0.6 is 11.6 Å². The number of para-hydroxylation sites is 2. The van der Waals surface area contributed by atoms with E-state index in [4.69, 9.17) is 16.3 Å². The summed E-state index contributed by atoms with van der Waals surface area (Å²) < 4.78 is 29.8. The minimum atomic E-state index is -3.55. The van der Waals surface area contributed by atoms with Crippen LogP contribution in [0.4, 0.5) is 0 Å². The molecule has 0 aliphatic carbocycles. The third-order valence-electron chi connectivity index (χ3n) is 4.55. The summed E-state index contributed by atoms with van der Waals surface area (Å²) in [5, 5.41) is 3.07. The first-order valence-corrected chi connectivity index (χ1v) is 10.8. The van der Waals surface area contributed by atoms with Crippen molar-refractivity contribution >= 4 is 27.3 Å². The summed E-state index contributed by atoms with van der Waals surface area (Å²) in [7, 11) is -3.55. The maximum atomic E-state index is 12.9. The van der Waals surface area contributed by atoms with Crippen molar-refractivity contribution in [2.45, 2.75) is 10.9 Å². The van der Waals surface area contributed by atoms with Crippen molar-refractivity contribution in [1.82, 2.24) is 5.32 Å². The van der Waals surface area contributed by atoms with Crippen LogP contribution in [0.15, 0.2) is 71.6 Å². The summed E-state index contributed by atoms with van der Waals surface area (Å²) in [6.07, 6.45) is 1.06. The molecule has 142 valence electrons. The molecule has 0 unspecified atom stereocenters. The van der Waals surface area contributed by atoms with E-state index >= 15 is 0 Å². The van der Waals surface area contributed by atoms with Gasteiger partial charge in [0.05, 0.1) is 16.0 Å². The smallest absolute Gasteiger partial charge is 0.252 e. The molecule has 7 heteroatoms. The van der Waals surface area contributed by atoms with Crippen LogP contribution in [0.5, 0.6) is 11.5 Å². The number of amides is 1. The zero-order chi connectivity index (χ0) is 19.9. The van der Waals surface area contributed by atoms with Gasteiger partial charge in [-0.15, -0.1) is 0 Å². The zero-order valence-corrected chi connectivity index (χ0v) is 16.4. The highest BCUT2D eigenvalue weighted by atomic mass is 35.5. The molecule has 0 atom stereocenters. The number of benzene rings is 3. The van der Waals surface area contributed by atoms with E-state index < -0.39 is 21.8 Å². The monoisotopic (exact) mass is 413 g/mol. The molecule has 3 aromatic carbocycles. The Balaban J connectivity index is 1.73. The van der Waals surface area contributed by atoms with Crippen molar-refractivity contribution < 1.29 is 17.9 Å². The van der Waals surface area contributed by atoms with Crippen molar-refractivity contribution in [1.29, 1.82) is 0 Å². The molecule has 0 saturated heterocycles. The molecule has 4 rings (SSSR count). The molecule has 0 saturated carbocycles. The van der Waals surface area contributed by atoms with E-state index in [-0.39, 0.29) is 15.5 Å². The number of carbonyl (C=O) groups is 1. The SMILES string of the molecule is CS(=O)(=O)c1cc(C(=O)NC2c3ccccc3Oc3ccccc32)ccc1Cl. The van der Waals surface area contributed by atoms with Crippen LogP contribution in [0.1, 0.15) is 27.5 Å². The van der Waals surface area contributed by atoms with E-state index in [1.807, 2.05) is 48.5 Å². The third-order valence-corrected chi connectivity index (χ3v) is 6.13. The first-order chi connectivity index (χ1) is 13.3. The number of hydrogen-bond donors (Lipinski definition) is 1. The van der Waals surface area contributed by atoms with Crippen LogP contribution in [-0.4, -0.2) is 20.6 Å². The summed E-state index contributed by atoms with van der Waals surface area (Å²) in [5.74, 6) is 0.928. The second-order valence-corrected chi connectivity index (χ2v) is 8.89. The Bertz CT molecular complexity index is 1150. The fraction of sp³-hybridized carbons (Fsp3) is 0.0952.